The molecule has 0 bridgehead atoms. The molecule has 4 rings (SSSR count). The predicted molar refractivity (Wildman–Crippen MR) is 103 cm³/mol. The number of ether oxygens (including phenoxy) is 2. The Morgan fingerprint density at radius 1 is 1.11 bits per heavy atom. The van der Waals surface area contributed by atoms with E-state index in [4.69, 9.17) is 9.47 Å². The van der Waals surface area contributed by atoms with Crippen LogP contribution >= 0.6 is 0 Å². The molecule has 0 radical (unpaired) electrons. The molecule has 2 N–H and O–H groups in total. The van der Waals surface area contributed by atoms with Gasteiger partial charge in [-0.15, -0.1) is 0 Å². The first-order chi connectivity index (χ1) is 13.6. The first-order valence-electron chi connectivity index (χ1n) is 8.99. The topological polar surface area (TPSA) is 102 Å². The van der Waals surface area contributed by atoms with Gasteiger partial charge in [0.2, 0.25) is 5.91 Å². The summed E-state index contributed by atoms with van der Waals surface area (Å²) in [6, 6.07) is 14.1. The third-order valence-corrected chi connectivity index (χ3v) is 4.55. The molecule has 0 spiro atoms. The zero-order valence-electron chi connectivity index (χ0n) is 15.0. The zero-order valence-corrected chi connectivity index (χ0v) is 15.0. The van der Waals surface area contributed by atoms with Crippen LogP contribution < -0.4 is 26.0 Å². The van der Waals surface area contributed by atoms with Crippen LogP contribution in [0.2, 0.25) is 0 Å². The molecule has 2 heterocycles. The van der Waals surface area contributed by atoms with Crippen molar-refractivity contribution in [1.82, 2.24) is 14.9 Å². The fourth-order valence-electron chi connectivity index (χ4n) is 3.10. The largest absolute Gasteiger partial charge is 0.486 e. The number of H-pyrrole nitrogens is 1. The first-order valence-corrected chi connectivity index (χ1v) is 8.99. The number of amides is 1. The van der Waals surface area contributed by atoms with E-state index in [0.29, 0.717) is 29.0 Å². The lowest BCUT2D eigenvalue weighted by Gasteiger charge is -2.26. The van der Waals surface area contributed by atoms with Gasteiger partial charge in [-0.25, -0.2) is 4.79 Å². The maximum Gasteiger partial charge on any atom is 0.328 e. The number of aromatic amines is 1. The number of carbonyl (C=O) groups is 1. The maximum atomic E-state index is 12.5. The van der Waals surface area contributed by atoms with Gasteiger partial charge >= 0.3 is 5.69 Å². The molecule has 1 aromatic heterocycles. The van der Waals surface area contributed by atoms with Crippen molar-refractivity contribution in [3.8, 4) is 11.5 Å². The second-order valence-electron chi connectivity index (χ2n) is 6.48. The predicted octanol–water partition coefficient (Wildman–Crippen LogP) is 1.04. The van der Waals surface area contributed by atoms with Crippen LogP contribution in [0.3, 0.4) is 0 Å². The van der Waals surface area contributed by atoms with Gasteiger partial charge in [0.25, 0.3) is 5.56 Å². The van der Waals surface area contributed by atoms with Gasteiger partial charge in [-0.3, -0.25) is 14.2 Å². The number of fused-ring (bicyclic) bond motifs is 2. The summed E-state index contributed by atoms with van der Waals surface area (Å²) < 4.78 is 12.4. The summed E-state index contributed by atoms with van der Waals surface area (Å²) in [6.45, 7) is 0.604. The highest BCUT2D eigenvalue weighted by Crippen LogP contribution is 2.30. The third kappa shape index (κ3) is 3.62. The average Bonchev–Trinajstić information content (AvgIpc) is 2.72. The number of benzene rings is 2. The average molecular weight is 381 g/mol. The zero-order chi connectivity index (χ0) is 19.5. The van der Waals surface area contributed by atoms with E-state index in [9.17, 15) is 14.4 Å². The number of carbonyl (C=O) groups excluding carboxylic acids is 1. The lowest BCUT2D eigenvalue weighted by atomic mass is 10.2. The molecule has 1 aliphatic heterocycles. The molecule has 3 aromatic rings. The summed E-state index contributed by atoms with van der Waals surface area (Å²) in [7, 11) is 0. The first kappa shape index (κ1) is 17.8. The van der Waals surface area contributed by atoms with Gasteiger partial charge in [-0.05, 0) is 24.3 Å². The van der Waals surface area contributed by atoms with Crippen molar-refractivity contribution in [2.24, 2.45) is 0 Å². The Labute approximate surface area is 159 Å². The van der Waals surface area contributed by atoms with Crippen LogP contribution in [0.1, 0.15) is 6.42 Å². The Morgan fingerprint density at radius 2 is 1.86 bits per heavy atom. The highest BCUT2D eigenvalue weighted by molar-refractivity contribution is 5.77. The summed E-state index contributed by atoms with van der Waals surface area (Å²) in [5, 5.41) is 3.17. The molecular weight excluding hydrogens is 362 g/mol. The Balaban J connectivity index is 1.35. The second-order valence-corrected chi connectivity index (χ2v) is 6.48. The molecule has 0 aliphatic carbocycles. The van der Waals surface area contributed by atoms with Crippen LogP contribution in [0.15, 0.2) is 58.1 Å². The smallest absolute Gasteiger partial charge is 0.328 e. The molecule has 0 fully saturated rings. The SMILES string of the molecule is O=C(CCn1c(=O)[nH]c2ccccc2c1=O)NCC1COc2ccccc2O1. The minimum Gasteiger partial charge on any atom is -0.486 e. The number of hydrogen-bond acceptors (Lipinski definition) is 5. The number of aromatic nitrogens is 2. The lowest BCUT2D eigenvalue weighted by Crippen LogP contribution is -2.41. The van der Waals surface area contributed by atoms with Crippen LogP contribution in [0.25, 0.3) is 10.9 Å². The molecule has 1 atom stereocenters. The maximum absolute atomic E-state index is 12.5. The van der Waals surface area contributed by atoms with E-state index >= 15 is 0 Å². The molecule has 144 valence electrons. The molecule has 0 saturated carbocycles. The van der Waals surface area contributed by atoms with Gasteiger partial charge in [0.15, 0.2) is 11.5 Å². The van der Waals surface area contributed by atoms with Crippen LogP contribution in [0.4, 0.5) is 0 Å². The molecule has 28 heavy (non-hydrogen) atoms. The molecular formula is C20H19N3O5. The van der Waals surface area contributed by atoms with E-state index < -0.39 is 11.2 Å². The van der Waals surface area contributed by atoms with Crippen molar-refractivity contribution in [3.63, 3.8) is 0 Å². The lowest BCUT2D eigenvalue weighted by molar-refractivity contribution is -0.121. The molecule has 8 heteroatoms. The summed E-state index contributed by atoms with van der Waals surface area (Å²) in [6.07, 6.45) is -0.295. The van der Waals surface area contributed by atoms with Gasteiger partial charge in [0.1, 0.15) is 12.7 Å². The number of rotatable bonds is 5. The van der Waals surface area contributed by atoms with E-state index in [-0.39, 0.29) is 31.5 Å². The fourth-order valence-corrected chi connectivity index (χ4v) is 3.10. The summed E-state index contributed by atoms with van der Waals surface area (Å²) in [5.41, 5.74) is -0.460. The van der Waals surface area contributed by atoms with E-state index in [1.54, 1.807) is 24.3 Å². The quantitative estimate of drug-likeness (QED) is 0.687. The minimum atomic E-state index is -0.530. The molecule has 1 amide bonds. The fraction of sp³-hybridized carbons (Fsp3) is 0.250. The van der Waals surface area contributed by atoms with Crippen LogP contribution in [0, 0.1) is 0 Å². The van der Waals surface area contributed by atoms with E-state index in [1.165, 1.54) is 0 Å². The molecule has 1 aliphatic rings. The molecule has 8 nitrogen and oxygen atoms in total. The van der Waals surface area contributed by atoms with Gasteiger partial charge in [0, 0.05) is 13.0 Å². The van der Waals surface area contributed by atoms with Crippen LogP contribution in [-0.4, -0.2) is 34.7 Å². The number of nitrogens with zero attached hydrogens (tertiary/aromatic N) is 1. The summed E-state index contributed by atoms with van der Waals surface area (Å²) in [5.74, 6) is 1.05. The number of para-hydroxylation sites is 3. The highest BCUT2D eigenvalue weighted by atomic mass is 16.6. The Morgan fingerprint density at radius 3 is 2.71 bits per heavy atom. The Hall–Kier alpha value is -3.55. The van der Waals surface area contributed by atoms with Gasteiger partial charge in [-0.2, -0.15) is 0 Å². The standard InChI is InChI=1S/C20H19N3O5/c24-18(21-11-13-12-27-16-7-3-4-8-17(16)28-13)9-10-23-19(25)14-5-1-2-6-15(14)22-20(23)26/h1-8,13H,9-12H2,(H,21,24)(H,22,26). The van der Waals surface area contributed by atoms with Crippen molar-refractivity contribution in [2.45, 2.75) is 19.1 Å². The van der Waals surface area contributed by atoms with Gasteiger partial charge in [0.05, 0.1) is 17.4 Å². The number of nitrogens with one attached hydrogen (secondary N) is 2. The normalized spacial score (nSPS) is 15.4. The van der Waals surface area contributed by atoms with Crippen LogP contribution in [0.5, 0.6) is 11.5 Å². The summed E-state index contributed by atoms with van der Waals surface area (Å²) in [4.78, 5) is 39.4. The van der Waals surface area contributed by atoms with E-state index in [0.717, 1.165) is 4.57 Å². The third-order valence-electron chi connectivity index (χ3n) is 4.55. The Bertz CT molecular complexity index is 1130. The Kier molecular flexibility index (Phi) is 4.84. The van der Waals surface area contributed by atoms with Gasteiger partial charge < -0.3 is 19.8 Å². The van der Waals surface area contributed by atoms with Crippen molar-refractivity contribution in [3.05, 3.63) is 69.4 Å². The van der Waals surface area contributed by atoms with Crippen molar-refractivity contribution in [1.29, 1.82) is 0 Å². The van der Waals surface area contributed by atoms with Crippen molar-refractivity contribution < 1.29 is 14.3 Å². The van der Waals surface area contributed by atoms with E-state index in [1.807, 2.05) is 24.3 Å². The minimum absolute atomic E-state index is 0.00427. The van der Waals surface area contributed by atoms with Crippen LogP contribution in [-0.2, 0) is 11.3 Å². The molecule has 1 unspecified atom stereocenters. The van der Waals surface area contributed by atoms with Gasteiger partial charge in [-0.1, -0.05) is 24.3 Å². The van der Waals surface area contributed by atoms with Crippen molar-refractivity contribution >= 4 is 16.8 Å². The molecule has 2 aromatic carbocycles. The molecule has 0 saturated heterocycles. The highest BCUT2D eigenvalue weighted by Gasteiger charge is 2.21. The van der Waals surface area contributed by atoms with E-state index in [2.05, 4.69) is 10.3 Å². The van der Waals surface area contributed by atoms with Crippen molar-refractivity contribution in [2.75, 3.05) is 13.2 Å². The summed E-state index contributed by atoms with van der Waals surface area (Å²) >= 11 is 0. The second kappa shape index (κ2) is 7.59. The number of hydrogen-bond donors (Lipinski definition) is 2. The monoisotopic (exact) mass is 381 g/mol.